The first-order valence-electron chi connectivity index (χ1n) is 12.8. The fourth-order valence-corrected chi connectivity index (χ4v) is 5.52. The van der Waals surface area contributed by atoms with Crippen molar-refractivity contribution in [2.75, 3.05) is 27.4 Å². The zero-order valence-electron chi connectivity index (χ0n) is 22.4. The summed E-state index contributed by atoms with van der Waals surface area (Å²) in [5, 5.41) is 0. The Bertz CT molecular complexity index is 1280. The molecule has 1 aliphatic heterocycles. The minimum Gasteiger partial charge on any atom is -0.497 e. The van der Waals surface area contributed by atoms with Gasteiger partial charge in [0, 0.05) is 23.2 Å². The van der Waals surface area contributed by atoms with E-state index < -0.39 is 35.6 Å². The number of carbonyl (C=O) groups is 3. The van der Waals surface area contributed by atoms with E-state index in [1.165, 1.54) is 0 Å². The van der Waals surface area contributed by atoms with Gasteiger partial charge in [-0.2, -0.15) is 0 Å². The fourth-order valence-electron chi connectivity index (χ4n) is 5.52. The molecule has 1 heterocycles. The third kappa shape index (κ3) is 5.08. The number of Topliss-reactive ketones (excluding diaryl/α,β-unsaturated/α-hetero) is 1. The van der Waals surface area contributed by atoms with Crippen molar-refractivity contribution in [3.8, 4) is 11.5 Å². The van der Waals surface area contributed by atoms with Gasteiger partial charge in [-0.1, -0.05) is 24.3 Å². The maximum Gasteiger partial charge on any atom is 0.336 e. The van der Waals surface area contributed by atoms with Crippen molar-refractivity contribution in [1.29, 1.82) is 0 Å². The summed E-state index contributed by atoms with van der Waals surface area (Å²) >= 11 is 0. The summed E-state index contributed by atoms with van der Waals surface area (Å²) in [6.07, 6.45) is 0.361. The molecule has 0 spiro atoms. The molecule has 0 amide bonds. The van der Waals surface area contributed by atoms with Crippen LogP contribution in [0.15, 0.2) is 64.8 Å². The van der Waals surface area contributed by atoms with E-state index in [0.29, 0.717) is 40.5 Å². The molecular weight excluding hydrogens is 486 g/mol. The van der Waals surface area contributed by atoms with Crippen LogP contribution in [0.4, 0.5) is 0 Å². The maximum absolute atomic E-state index is 14.3. The highest BCUT2D eigenvalue weighted by molar-refractivity contribution is 6.17. The first-order valence-corrected chi connectivity index (χ1v) is 12.8. The smallest absolute Gasteiger partial charge is 0.336 e. The first kappa shape index (κ1) is 27.1. The molecule has 2 aromatic rings. The zero-order valence-corrected chi connectivity index (χ0v) is 22.4. The van der Waals surface area contributed by atoms with E-state index in [2.05, 4.69) is 0 Å². The van der Waals surface area contributed by atoms with E-state index in [0.717, 1.165) is 5.56 Å². The van der Waals surface area contributed by atoms with Crippen LogP contribution in [0.25, 0.3) is 0 Å². The lowest BCUT2D eigenvalue weighted by molar-refractivity contribution is -0.153. The van der Waals surface area contributed by atoms with Gasteiger partial charge in [0.1, 0.15) is 17.4 Å². The van der Waals surface area contributed by atoms with Gasteiger partial charge in [-0.25, -0.2) is 4.79 Å². The lowest BCUT2D eigenvalue weighted by Gasteiger charge is -2.41. The van der Waals surface area contributed by atoms with Crippen LogP contribution in [-0.2, 0) is 23.9 Å². The Morgan fingerprint density at radius 3 is 2.21 bits per heavy atom. The Morgan fingerprint density at radius 2 is 1.58 bits per heavy atom. The molecule has 0 saturated heterocycles. The number of methoxy groups -OCH3 is 2. The largest absolute Gasteiger partial charge is 0.497 e. The number of hydrogen-bond acceptors (Lipinski definition) is 8. The van der Waals surface area contributed by atoms with Crippen molar-refractivity contribution in [1.82, 2.24) is 0 Å². The molecule has 2 aromatic carbocycles. The third-order valence-electron chi connectivity index (χ3n) is 7.18. The Kier molecular flexibility index (Phi) is 8.29. The highest BCUT2D eigenvalue weighted by atomic mass is 16.5. The summed E-state index contributed by atoms with van der Waals surface area (Å²) in [4.78, 5) is 45.6. The van der Waals surface area contributed by atoms with Crippen molar-refractivity contribution in [3.63, 3.8) is 0 Å². The molecule has 2 aliphatic rings. The highest BCUT2D eigenvalue weighted by Crippen LogP contribution is 2.48. The molecule has 0 aromatic heterocycles. The monoisotopic (exact) mass is 519 g/mol. The molecule has 1 unspecified atom stereocenters. The highest BCUT2D eigenvalue weighted by Gasteiger charge is 2.53. The zero-order chi connectivity index (χ0) is 27.4. The Balaban J connectivity index is 1.88. The number of nitrogens with zero attached hydrogens (tertiary/aromatic N) is 1. The second-order valence-corrected chi connectivity index (χ2v) is 9.27. The topological polar surface area (TPSA) is 100 Å². The molecule has 8 nitrogen and oxygen atoms in total. The standard InChI is InChI=1S/C30H33NO7/c1-6-37-29(33)24-17(3)31-23-16-22(18-11-13-20(35-4)14-12-18)26(30(34)38-7-2)28(32)27(23)25(24)19-9-8-10-21(15-19)36-5/h8-15,22,25-27H,6-7,16H2,1-5H3/t22-,25+,26+,27?/m0/s1. The molecule has 0 radical (unpaired) electrons. The lowest BCUT2D eigenvalue weighted by atomic mass is 9.62. The van der Waals surface area contributed by atoms with Crippen LogP contribution in [0.1, 0.15) is 50.2 Å². The van der Waals surface area contributed by atoms with E-state index in [9.17, 15) is 14.4 Å². The SMILES string of the molecule is CCOC(=O)C1=C(C)N=C2C[C@@H](c3ccc(OC)cc3)[C@@H](C(=O)OCC)C(=O)C2[C@@H]1c1cccc(OC)c1. The van der Waals surface area contributed by atoms with Crippen LogP contribution in [-0.4, -0.2) is 50.9 Å². The molecule has 0 bridgehead atoms. The Morgan fingerprint density at radius 1 is 0.895 bits per heavy atom. The number of esters is 2. The number of benzene rings is 2. The number of allylic oxidation sites excluding steroid dienone is 1. The number of ketones is 1. The summed E-state index contributed by atoms with van der Waals surface area (Å²) in [6, 6.07) is 14.6. The van der Waals surface area contributed by atoms with E-state index in [-0.39, 0.29) is 19.0 Å². The average molecular weight is 520 g/mol. The van der Waals surface area contributed by atoms with Gasteiger partial charge in [0.15, 0.2) is 5.78 Å². The van der Waals surface area contributed by atoms with Crippen molar-refractivity contribution in [2.45, 2.75) is 39.0 Å². The van der Waals surface area contributed by atoms with Gasteiger partial charge in [-0.05, 0) is 62.6 Å². The van der Waals surface area contributed by atoms with Crippen LogP contribution in [0.5, 0.6) is 11.5 Å². The number of ether oxygens (including phenoxy) is 4. The molecule has 8 heteroatoms. The van der Waals surface area contributed by atoms with Crippen LogP contribution in [0.2, 0.25) is 0 Å². The quantitative estimate of drug-likeness (QED) is 0.370. The first-order chi connectivity index (χ1) is 18.3. The summed E-state index contributed by atoms with van der Waals surface area (Å²) in [6.45, 7) is 5.53. The van der Waals surface area contributed by atoms with Gasteiger partial charge in [-0.3, -0.25) is 14.6 Å². The molecule has 4 atom stereocenters. The Labute approximate surface area is 222 Å². The van der Waals surface area contributed by atoms with Crippen molar-refractivity contribution < 1.29 is 33.3 Å². The van der Waals surface area contributed by atoms with Gasteiger partial charge < -0.3 is 18.9 Å². The summed E-state index contributed by atoms with van der Waals surface area (Å²) in [7, 11) is 3.14. The van der Waals surface area contributed by atoms with E-state index in [1.54, 1.807) is 53.2 Å². The summed E-state index contributed by atoms with van der Waals surface area (Å²) in [5.74, 6) is -3.19. The lowest BCUT2D eigenvalue weighted by Crippen LogP contribution is -2.48. The van der Waals surface area contributed by atoms with Crippen molar-refractivity contribution >= 4 is 23.4 Å². The van der Waals surface area contributed by atoms with Crippen molar-refractivity contribution in [3.05, 3.63) is 70.9 Å². The number of fused-ring (bicyclic) bond motifs is 1. The molecule has 0 N–H and O–H groups in total. The molecule has 4 rings (SSSR count). The predicted molar refractivity (Wildman–Crippen MR) is 141 cm³/mol. The Hall–Kier alpha value is -3.94. The molecular formula is C30H33NO7. The second kappa shape index (κ2) is 11.6. The summed E-state index contributed by atoms with van der Waals surface area (Å²) < 4.78 is 21.5. The van der Waals surface area contributed by atoms with Gasteiger partial charge >= 0.3 is 11.9 Å². The van der Waals surface area contributed by atoms with Crippen LogP contribution < -0.4 is 9.47 Å². The average Bonchev–Trinajstić information content (AvgIpc) is 2.92. The molecule has 1 saturated carbocycles. The van der Waals surface area contributed by atoms with Crippen LogP contribution >= 0.6 is 0 Å². The fraction of sp³-hybridized carbons (Fsp3) is 0.400. The number of carbonyl (C=O) groups excluding carboxylic acids is 3. The van der Waals surface area contributed by atoms with Crippen molar-refractivity contribution in [2.24, 2.45) is 16.8 Å². The third-order valence-corrected chi connectivity index (χ3v) is 7.18. The normalized spacial score (nSPS) is 22.8. The predicted octanol–water partition coefficient (Wildman–Crippen LogP) is 4.63. The second-order valence-electron chi connectivity index (χ2n) is 9.27. The van der Waals surface area contributed by atoms with Crippen LogP contribution in [0.3, 0.4) is 0 Å². The maximum atomic E-state index is 14.3. The van der Waals surface area contributed by atoms with Crippen LogP contribution in [0, 0.1) is 11.8 Å². The van der Waals surface area contributed by atoms with E-state index in [4.69, 9.17) is 23.9 Å². The van der Waals surface area contributed by atoms with Gasteiger partial charge in [-0.15, -0.1) is 0 Å². The van der Waals surface area contributed by atoms with Gasteiger partial charge in [0.25, 0.3) is 0 Å². The number of aliphatic imine (C=N–C) groups is 1. The van der Waals surface area contributed by atoms with Gasteiger partial charge in [0.2, 0.25) is 0 Å². The number of hydrogen-bond donors (Lipinski definition) is 0. The van der Waals surface area contributed by atoms with E-state index in [1.807, 2.05) is 30.3 Å². The molecule has 1 aliphatic carbocycles. The van der Waals surface area contributed by atoms with E-state index >= 15 is 0 Å². The minimum atomic E-state index is -1.05. The van der Waals surface area contributed by atoms with Gasteiger partial charge in [0.05, 0.1) is 38.9 Å². The molecule has 1 fully saturated rings. The number of rotatable bonds is 8. The minimum absolute atomic E-state index is 0.149. The molecule has 200 valence electrons. The molecule has 38 heavy (non-hydrogen) atoms. The summed E-state index contributed by atoms with van der Waals surface area (Å²) in [5.41, 5.74) is 2.97.